The summed E-state index contributed by atoms with van der Waals surface area (Å²) in [6.45, 7) is 5.09. The second kappa shape index (κ2) is 5.57. The van der Waals surface area contributed by atoms with E-state index in [1.807, 2.05) is 0 Å². The second-order valence-electron chi connectivity index (χ2n) is 5.38. The molecular weight excluding hydrogens is 249 g/mol. The van der Waals surface area contributed by atoms with E-state index >= 15 is 0 Å². The Bertz CT molecular complexity index is 462. The zero-order valence-corrected chi connectivity index (χ0v) is 11.7. The molecule has 0 aliphatic heterocycles. The Hall–Kier alpha value is -1.62. The zero-order chi connectivity index (χ0) is 14.7. The number of halogens is 1. The summed E-state index contributed by atoms with van der Waals surface area (Å²) in [4.78, 5) is 11.5. The Morgan fingerprint density at radius 2 is 1.95 bits per heavy atom. The molecule has 0 amide bonds. The maximum atomic E-state index is 13.6. The Labute approximate surface area is 112 Å². The summed E-state index contributed by atoms with van der Waals surface area (Å²) in [5.74, 6) is -1.54. The van der Waals surface area contributed by atoms with Crippen LogP contribution < -0.4 is 5.32 Å². The van der Waals surface area contributed by atoms with Crippen LogP contribution in [0.15, 0.2) is 24.3 Å². The lowest BCUT2D eigenvalue weighted by Gasteiger charge is -2.35. The quantitative estimate of drug-likeness (QED) is 0.833. The molecule has 1 rings (SSSR count). The SMILES string of the molecule is COC(C)(C)CC(C)(Nc1ccccc1F)C(=O)O. The van der Waals surface area contributed by atoms with Crippen molar-refractivity contribution in [3.63, 3.8) is 0 Å². The lowest BCUT2D eigenvalue weighted by Crippen LogP contribution is -2.49. The van der Waals surface area contributed by atoms with Gasteiger partial charge >= 0.3 is 5.97 Å². The van der Waals surface area contributed by atoms with Crippen molar-refractivity contribution in [2.75, 3.05) is 12.4 Å². The van der Waals surface area contributed by atoms with Crippen molar-refractivity contribution in [2.45, 2.75) is 38.3 Å². The molecule has 106 valence electrons. The summed E-state index contributed by atoms with van der Waals surface area (Å²) in [5, 5.41) is 12.2. The Morgan fingerprint density at radius 3 is 2.42 bits per heavy atom. The Kier molecular flexibility index (Phi) is 4.52. The van der Waals surface area contributed by atoms with E-state index in [-0.39, 0.29) is 12.1 Å². The van der Waals surface area contributed by atoms with E-state index in [1.165, 1.54) is 26.2 Å². The number of carboxylic acids is 1. The fraction of sp³-hybridized carbons (Fsp3) is 0.500. The van der Waals surface area contributed by atoms with Crippen LogP contribution in [0.4, 0.5) is 10.1 Å². The lowest BCUT2D eigenvalue weighted by atomic mass is 9.87. The molecule has 2 N–H and O–H groups in total. The molecule has 4 nitrogen and oxygen atoms in total. The number of anilines is 1. The van der Waals surface area contributed by atoms with Gasteiger partial charge in [0.05, 0.1) is 11.3 Å². The molecule has 1 aromatic carbocycles. The number of methoxy groups -OCH3 is 1. The first kappa shape index (κ1) is 15.4. The lowest BCUT2D eigenvalue weighted by molar-refractivity contribution is -0.144. The molecule has 0 aliphatic carbocycles. The van der Waals surface area contributed by atoms with Crippen LogP contribution in [0.3, 0.4) is 0 Å². The van der Waals surface area contributed by atoms with Crippen molar-refractivity contribution in [1.29, 1.82) is 0 Å². The summed E-state index contributed by atoms with van der Waals surface area (Å²) >= 11 is 0. The molecule has 19 heavy (non-hydrogen) atoms. The number of ether oxygens (including phenoxy) is 1. The summed E-state index contributed by atoms with van der Waals surface area (Å²) in [6.07, 6.45) is 0.195. The average molecular weight is 269 g/mol. The Morgan fingerprint density at radius 1 is 1.37 bits per heavy atom. The van der Waals surface area contributed by atoms with Crippen molar-refractivity contribution < 1.29 is 19.0 Å². The van der Waals surface area contributed by atoms with E-state index in [1.54, 1.807) is 26.0 Å². The van der Waals surface area contributed by atoms with Crippen LogP contribution in [0.1, 0.15) is 27.2 Å². The molecule has 0 radical (unpaired) electrons. The van der Waals surface area contributed by atoms with Crippen molar-refractivity contribution in [2.24, 2.45) is 0 Å². The van der Waals surface area contributed by atoms with Crippen molar-refractivity contribution >= 4 is 11.7 Å². The van der Waals surface area contributed by atoms with Gasteiger partial charge in [-0.25, -0.2) is 9.18 Å². The number of carboxylic acid groups (broad SMARTS) is 1. The maximum Gasteiger partial charge on any atom is 0.329 e. The maximum absolute atomic E-state index is 13.6. The Balaban J connectivity index is 3.01. The van der Waals surface area contributed by atoms with E-state index in [4.69, 9.17) is 4.74 Å². The minimum absolute atomic E-state index is 0.166. The number of hydrogen-bond acceptors (Lipinski definition) is 3. The molecule has 0 bridgehead atoms. The van der Waals surface area contributed by atoms with Gasteiger partial charge < -0.3 is 15.2 Å². The molecule has 0 aliphatic rings. The van der Waals surface area contributed by atoms with E-state index in [0.717, 1.165) is 0 Å². The molecule has 1 unspecified atom stereocenters. The predicted octanol–water partition coefficient (Wildman–Crippen LogP) is 2.90. The molecule has 0 saturated heterocycles. The number of aliphatic carboxylic acids is 1. The number of carbonyl (C=O) groups is 1. The first-order chi connectivity index (χ1) is 8.70. The van der Waals surface area contributed by atoms with Crippen molar-refractivity contribution in [3.05, 3.63) is 30.1 Å². The number of para-hydroxylation sites is 1. The molecule has 0 aromatic heterocycles. The predicted molar refractivity (Wildman–Crippen MR) is 71.8 cm³/mol. The molecule has 0 fully saturated rings. The van der Waals surface area contributed by atoms with Crippen LogP contribution in [0, 0.1) is 5.82 Å². The molecule has 0 saturated carbocycles. The number of hydrogen-bond donors (Lipinski definition) is 2. The topological polar surface area (TPSA) is 58.6 Å². The second-order valence-corrected chi connectivity index (χ2v) is 5.38. The first-order valence-electron chi connectivity index (χ1n) is 6.01. The van der Waals surface area contributed by atoms with Gasteiger partial charge in [-0.05, 0) is 32.9 Å². The highest BCUT2D eigenvalue weighted by Crippen LogP contribution is 2.28. The van der Waals surface area contributed by atoms with Gasteiger partial charge in [0.1, 0.15) is 11.4 Å². The smallest absolute Gasteiger partial charge is 0.329 e. The minimum atomic E-state index is -1.32. The summed E-state index contributed by atoms with van der Waals surface area (Å²) in [7, 11) is 1.52. The van der Waals surface area contributed by atoms with Crippen molar-refractivity contribution in [3.8, 4) is 0 Å². The van der Waals surface area contributed by atoms with Crippen LogP contribution in [0.2, 0.25) is 0 Å². The summed E-state index contributed by atoms with van der Waals surface area (Å²) < 4.78 is 18.9. The number of rotatable bonds is 6. The third-order valence-electron chi connectivity index (χ3n) is 3.09. The fourth-order valence-corrected chi connectivity index (χ4v) is 1.96. The van der Waals surface area contributed by atoms with Crippen LogP contribution >= 0.6 is 0 Å². The highest BCUT2D eigenvalue weighted by Gasteiger charge is 2.39. The van der Waals surface area contributed by atoms with Gasteiger partial charge in [0.25, 0.3) is 0 Å². The fourth-order valence-electron chi connectivity index (χ4n) is 1.96. The van der Waals surface area contributed by atoms with E-state index in [9.17, 15) is 14.3 Å². The zero-order valence-electron chi connectivity index (χ0n) is 11.7. The first-order valence-corrected chi connectivity index (χ1v) is 6.01. The van der Waals surface area contributed by atoms with Gasteiger partial charge in [-0.3, -0.25) is 0 Å². The average Bonchev–Trinajstić information content (AvgIpc) is 2.31. The highest BCUT2D eigenvalue weighted by atomic mass is 19.1. The summed E-state index contributed by atoms with van der Waals surface area (Å²) in [5.41, 5.74) is -1.79. The van der Waals surface area contributed by atoms with Crippen LogP contribution in [0.5, 0.6) is 0 Å². The number of benzene rings is 1. The van der Waals surface area contributed by atoms with Crippen LogP contribution in [-0.2, 0) is 9.53 Å². The van der Waals surface area contributed by atoms with Crippen molar-refractivity contribution in [1.82, 2.24) is 0 Å². The molecule has 0 heterocycles. The van der Waals surface area contributed by atoms with Gasteiger partial charge in [0.2, 0.25) is 0 Å². The molecule has 1 aromatic rings. The van der Waals surface area contributed by atoms with Gasteiger partial charge in [-0.2, -0.15) is 0 Å². The molecule has 0 spiro atoms. The van der Waals surface area contributed by atoms with Crippen LogP contribution in [0.25, 0.3) is 0 Å². The van der Waals surface area contributed by atoms with Gasteiger partial charge in [-0.15, -0.1) is 0 Å². The standard InChI is InChI=1S/C14H20FNO3/c1-13(2,19-4)9-14(3,12(17)18)16-11-8-6-5-7-10(11)15/h5-8,16H,9H2,1-4H3,(H,17,18). The van der Waals surface area contributed by atoms with Gasteiger partial charge in [-0.1, -0.05) is 12.1 Å². The molecular formula is C14H20FNO3. The minimum Gasteiger partial charge on any atom is -0.480 e. The number of nitrogens with one attached hydrogen (secondary N) is 1. The summed E-state index contributed by atoms with van der Waals surface area (Å²) in [6, 6.07) is 6.00. The van der Waals surface area contributed by atoms with Gasteiger partial charge in [0.15, 0.2) is 0 Å². The highest BCUT2D eigenvalue weighted by molar-refractivity contribution is 5.82. The van der Waals surface area contributed by atoms with E-state index in [2.05, 4.69) is 5.32 Å². The third kappa shape index (κ3) is 3.92. The normalized spacial score (nSPS) is 14.8. The molecule has 1 atom stereocenters. The van der Waals surface area contributed by atoms with E-state index in [0.29, 0.717) is 0 Å². The third-order valence-corrected chi connectivity index (χ3v) is 3.09. The van der Waals surface area contributed by atoms with Gasteiger partial charge in [0, 0.05) is 13.5 Å². The monoisotopic (exact) mass is 269 g/mol. The van der Waals surface area contributed by atoms with Crippen LogP contribution in [-0.4, -0.2) is 29.3 Å². The molecule has 5 heteroatoms. The largest absolute Gasteiger partial charge is 0.480 e. The van der Waals surface area contributed by atoms with E-state index < -0.39 is 22.9 Å².